The summed E-state index contributed by atoms with van der Waals surface area (Å²) < 4.78 is 5.33. The van der Waals surface area contributed by atoms with Crippen molar-refractivity contribution in [3.8, 4) is 0 Å². The lowest BCUT2D eigenvalue weighted by atomic mass is 9.91. The molecule has 0 aromatic heterocycles. The van der Waals surface area contributed by atoms with Crippen LogP contribution in [0.2, 0.25) is 0 Å². The Labute approximate surface area is 110 Å². The Morgan fingerprint density at radius 1 is 1.22 bits per heavy atom. The zero-order valence-electron chi connectivity index (χ0n) is 11.1. The Bertz CT molecular complexity index is 334. The van der Waals surface area contributed by atoms with Gasteiger partial charge in [-0.2, -0.15) is 0 Å². The van der Waals surface area contributed by atoms with Crippen LogP contribution in [0.15, 0.2) is 30.3 Å². The van der Waals surface area contributed by atoms with Crippen molar-refractivity contribution in [2.45, 2.75) is 43.8 Å². The molecule has 0 amide bonds. The van der Waals surface area contributed by atoms with Crippen LogP contribution in [0.3, 0.4) is 0 Å². The minimum Gasteiger partial charge on any atom is -0.383 e. The number of benzene rings is 1. The van der Waals surface area contributed by atoms with Gasteiger partial charge in [0.05, 0.1) is 12.6 Å². The van der Waals surface area contributed by atoms with Crippen LogP contribution in [0.5, 0.6) is 0 Å². The van der Waals surface area contributed by atoms with E-state index in [2.05, 4.69) is 29.6 Å². The van der Waals surface area contributed by atoms with Crippen LogP contribution >= 0.6 is 0 Å². The quantitative estimate of drug-likeness (QED) is 0.840. The second kappa shape index (κ2) is 6.88. The Morgan fingerprint density at radius 2 is 1.89 bits per heavy atom. The van der Waals surface area contributed by atoms with E-state index in [1.807, 2.05) is 6.07 Å². The zero-order valence-corrected chi connectivity index (χ0v) is 11.1. The Hall–Kier alpha value is -0.900. The first-order valence-corrected chi connectivity index (χ1v) is 6.85. The highest BCUT2D eigenvalue weighted by molar-refractivity contribution is 5.19. The van der Waals surface area contributed by atoms with Crippen LogP contribution < -0.4 is 11.1 Å². The first kappa shape index (κ1) is 13.5. The van der Waals surface area contributed by atoms with E-state index in [9.17, 15) is 0 Å². The third-order valence-electron chi connectivity index (χ3n) is 3.74. The monoisotopic (exact) mass is 248 g/mol. The molecular weight excluding hydrogens is 224 g/mol. The molecule has 100 valence electrons. The average Bonchev–Trinajstić information content (AvgIpc) is 2.42. The summed E-state index contributed by atoms with van der Waals surface area (Å²) in [5.41, 5.74) is 7.25. The molecule has 1 atom stereocenters. The average molecular weight is 248 g/mol. The number of rotatable bonds is 5. The van der Waals surface area contributed by atoms with Crippen LogP contribution in [-0.4, -0.2) is 25.8 Å². The summed E-state index contributed by atoms with van der Waals surface area (Å²) in [5, 5.41) is 3.71. The lowest BCUT2D eigenvalue weighted by Crippen LogP contribution is -2.40. The number of methoxy groups -OCH3 is 1. The number of ether oxygens (including phenoxy) is 1. The lowest BCUT2D eigenvalue weighted by Gasteiger charge is -2.31. The normalized spacial score (nSPS) is 25.9. The molecule has 3 nitrogen and oxygen atoms in total. The van der Waals surface area contributed by atoms with Crippen molar-refractivity contribution in [1.29, 1.82) is 0 Å². The fourth-order valence-electron chi connectivity index (χ4n) is 2.66. The molecule has 1 fully saturated rings. The number of hydrogen-bond acceptors (Lipinski definition) is 3. The third-order valence-corrected chi connectivity index (χ3v) is 3.74. The van der Waals surface area contributed by atoms with Crippen molar-refractivity contribution in [3.63, 3.8) is 0 Å². The minimum absolute atomic E-state index is 0.288. The molecule has 0 aliphatic heterocycles. The summed E-state index contributed by atoms with van der Waals surface area (Å²) in [5.74, 6) is 0. The standard InChI is InChI=1S/C15H24N2O/c1-18-11-15(12-5-3-2-4-6-12)17-14-9-7-13(16)8-10-14/h2-6,13-15,17H,7-11,16H2,1H3. The number of nitrogens with one attached hydrogen (secondary N) is 1. The van der Waals surface area contributed by atoms with E-state index in [1.54, 1.807) is 7.11 Å². The summed E-state index contributed by atoms with van der Waals surface area (Å²) in [4.78, 5) is 0. The molecular formula is C15H24N2O. The molecule has 3 heteroatoms. The lowest BCUT2D eigenvalue weighted by molar-refractivity contribution is 0.155. The highest BCUT2D eigenvalue weighted by Crippen LogP contribution is 2.21. The third kappa shape index (κ3) is 3.80. The van der Waals surface area contributed by atoms with Crippen molar-refractivity contribution in [2.75, 3.05) is 13.7 Å². The molecule has 0 spiro atoms. The van der Waals surface area contributed by atoms with E-state index in [4.69, 9.17) is 10.5 Å². The van der Waals surface area contributed by atoms with Gasteiger partial charge in [-0.05, 0) is 31.2 Å². The van der Waals surface area contributed by atoms with Crippen LogP contribution in [0.25, 0.3) is 0 Å². The van der Waals surface area contributed by atoms with Crippen molar-refractivity contribution in [1.82, 2.24) is 5.32 Å². The predicted octanol–water partition coefficient (Wildman–Crippen LogP) is 2.23. The van der Waals surface area contributed by atoms with Crippen LogP contribution in [-0.2, 0) is 4.74 Å². The minimum atomic E-state index is 0.288. The molecule has 1 aliphatic rings. The molecule has 0 saturated heterocycles. The van der Waals surface area contributed by atoms with Crippen LogP contribution in [0, 0.1) is 0 Å². The molecule has 0 heterocycles. The smallest absolute Gasteiger partial charge is 0.0657 e. The zero-order chi connectivity index (χ0) is 12.8. The molecule has 1 aliphatic carbocycles. The van der Waals surface area contributed by atoms with Crippen molar-refractivity contribution >= 4 is 0 Å². The van der Waals surface area contributed by atoms with Crippen molar-refractivity contribution < 1.29 is 4.74 Å². The van der Waals surface area contributed by atoms with E-state index >= 15 is 0 Å². The van der Waals surface area contributed by atoms with E-state index in [1.165, 1.54) is 18.4 Å². The summed E-state index contributed by atoms with van der Waals surface area (Å²) in [6, 6.07) is 11.8. The second-order valence-electron chi connectivity index (χ2n) is 5.20. The van der Waals surface area contributed by atoms with E-state index < -0.39 is 0 Å². The van der Waals surface area contributed by atoms with Gasteiger partial charge in [0.2, 0.25) is 0 Å². The van der Waals surface area contributed by atoms with Gasteiger partial charge < -0.3 is 15.8 Å². The number of hydrogen-bond donors (Lipinski definition) is 2. The maximum Gasteiger partial charge on any atom is 0.0657 e. The van der Waals surface area contributed by atoms with Crippen molar-refractivity contribution in [3.05, 3.63) is 35.9 Å². The van der Waals surface area contributed by atoms with Gasteiger partial charge in [0, 0.05) is 19.2 Å². The maximum absolute atomic E-state index is 5.95. The molecule has 0 radical (unpaired) electrons. The first-order chi connectivity index (χ1) is 8.79. The van der Waals surface area contributed by atoms with E-state index in [0.29, 0.717) is 18.7 Å². The summed E-state index contributed by atoms with van der Waals surface area (Å²) >= 11 is 0. The SMILES string of the molecule is COCC(NC1CCC(N)CC1)c1ccccc1. The Morgan fingerprint density at radius 3 is 2.50 bits per heavy atom. The van der Waals surface area contributed by atoms with Gasteiger partial charge in [0.15, 0.2) is 0 Å². The summed E-state index contributed by atoms with van der Waals surface area (Å²) in [6.45, 7) is 0.715. The summed E-state index contributed by atoms with van der Waals surface area (Å²) in [7, 11) is 1.76. The summed E-state index contributed by atoms with van der Waals surface area (Å²) in [6.07, 6.45) is 4.61. The van der Waals surface area contributed by atoms with E-state index in [0.717, 1.165) is 12.8 Å². The molecule has 18 heavy (non-hydrogen) atoms. The molecule has 1 aromatic carbocycles. The second-order valence-corrected chi connectivity index (χ2v) is 5.20. The van der Waals surface area contributed by atoms with Crippen LogP contribution in [0.4, 0.5) is 0 Å². The predicted molar refractivity (Wildman–Crippen MR) is 74.4 cm³/mol. The molecule has 2 rings (SSSR count). The molecule has 1 aromatic rings. The van der Waals surface area contributed by atoms with Gasteiger partial charge in [0.1, 0.15) is 0 Å². The first-order valence-electron chi connectivity index (χ1n) is 6.85. The van der Waals surface area contributed by atoms with Crippen molar-refractivity contribution in [2.24, 2.45) is 5.73 Å². The Balaban J connectivity index is 1.94. The largest absolute Gasteiger partial charge is 0.383 e. The number of nitrogens with two attached hydrogens (primary N) is 1. The topological polar surface area (TPSA) is 47.3 Å². The van der Waals surface area contributed by atoms with E-state index in [-0.39, 0.29) is 6.04 Å². The highest BCUT2D eigenvalue weighted by Gasteiger charge is 2.21. The van der Waals surface area contributed by atoms with Gasteiger partial charge in [-0.15, -0.1) is 0 Å². The molecule has 3 N–H and O–H groups in total. The van der Waals surface area contributed by atoms with Gasteiger partial charge in [0.25, 0.3) is 0 Å². The van der Waals surface area contributed by atoms with Gasteiger partial charge >= 0.3 is 0 Å². The van der Waals surface area contributed by atoms with Crippen LogP contribution in [0.1, 0.15) is 37.3 Å². The molecule has 0 bridgehead atoms. The molecule has 1 unspecified atom stereocenters. The van der Waals surface area contributed by atoms with Gasteiger partial charge in [-0.25, -0.2) is 0 Å². The van der Waals surface area contributed by atoms with Gasteiger partial charge in [-0.1, -0.05) is 30.3 Å². The fourth-order valence-corrected chi connectivity index (χ4v) is 2.66. The fraction of sp³-hybridized carbons (Fsp3) is 0.600. The molecule has 1 saturated carbocycles. The van der Waals surface area contributed by atoms with Gasteiger partial charge in [-0.3, -0.25) is 0 Å². The highest BCUT2D eigenvalue weighted by atomic mass is 16.5. The maximum atomic E-state index is 5.95. The Kier molecular flexibility index (Phi) is 5.17.